The van der Waals surface area contributed by atoms with Gasteiger partial charge in [-0.2, -0.15) is 0 Å². The predicted molar refractivity (Wildman–Crippen MR) is 70.4 cm³/mol. The van der Waals surface area contributed by atoms with Crippen molar-refractivity contribution in [3.63, 3.8) is 0 Å². The van der Waals surface area contributed by atoms with Crippen LogP contribution in [0.5, 0.6) is 0 Å². The number of rotatable bonds is 6. The molecule has 0 spiro atoms. The van der Waals surface area contributed by atoms with Gasteiger partial charge in [-0.25, -0.2) is 13.2 Å². The fraction of sp³-hybridized carbons (Fsp3) is 0.538. The molecule has 1 aromatic rings. The van der Waals surface area contributed by atoms with Crippen LogP contribution in [0.15, 0.2) is 12.1 Å². The fourth-order valence-corrected chi connectivity index (χ4v) is 4.29. The second-order valence-corrected chi connectivity index (χ2v) is 7.32. The van der Waals surface area contributed by atoms with Crippen molar-refractivity contribution < 1.29 is 26.8 Å². The highest BCUT2D eigenvalue weighted by Crippen LogP contribution is 2.22. The number of hydrogen-bond donors (Lipinski definition) is 1. The van der Waals surface area contributed by atoms with Crippen molar-refractivity contribution in [2.45, 2.75) is 45.9 Å². The Hall–Kier alpha value is -0.893. The zero-order valence-corrected chi connectivity index (χ0v) is 12.9. The van der Waals surface area contributed by atoms with Gasteiger partial charge >= 0.3 is 8.80 Å². The van der Waals surface area contributed by atoms with Crippen molar-refractivity contribution in [1.29, 1.82) is 0 Å². The minimum Gasteiger partial charge on any atom is -0.389 e. The topological polar surface area (TPSA) is 38.7 Å². The van der Waals surface area contributed by atoms with Crippen LogP contribution in [0, 0.1) is 17.5 Å². The molecule has 0 aliphatic rings. The van der Waals surface area contributed by atoms with E-state index in [0.29, 0.717) is 12.1 Å². The Kier molecular flexibility index (Phi) is 5.75. The molecule has 7 heteroatoms. The predicted octanol–water partition coefficient (Wildman–Crippen LogP) is 2.97. The Morgan fingerprint density at radius 3 is 1.75 bits per heavy atom. The molecule has 114 valence electrons. The van der Waals surface area contributed by atoms with Crippen molar-refractivity contribution in [3.05, 3.63) is 35.1 Å². The van der Waals surface area contributed by atoms with E-state index in [-0.39, 0.29) is 12.2 Å². The second-order valence-electron chi connectivity index (χ2n) is 5.07. The number of hydrogen-bond acceptors (Lipinski definition) is 3. The smallest absolute Gasteiger partial charge is 0.389 e. The lowest BCUT2D eigenvalue weighted by atomic mass is 10.2. The van der Waals surface area contributed by atoms with Gasteiger partial charge in [0.15, 0.2) is 0 Å². The number of halogens is 3. The molecule has 0 saturated carbocycles. The van der Waals surface area contributed by atoms with Gasteiger partial charge in [0.05, 0.1) is 0 Å². The molecule has 0 atom stereocenters. The summed E-state index contributed by atoms with van der Waals surface area (Å²) in [6.07, 6.45) is -0.728. The van der Waals surface area contributed by atoms with Gasteiger partial charge < -0.3 is 13.6 Å². The molecule has 3 nitrogen and oxygen atoms in total. The molecule has 0 amide bonds. The summed E-state index contributed by atoms with van der Waals surface area (Å²) >= 11 is 0. The van der Waals surface area contributed by atoms with Gasteiger partial charge in [0.1, 0.15) is 17.5 Å². The second kappa shape index (κ2) is 6.71. The van der Waals surface area contributed by atoms with Crippen LogP contribution < -0.4 is 0 Å². The lowest BCUT2D eigenvalue weighted by molar-refractivity contribution is 0.0464. The van der Waals surface area contributed by atoms with Gasteiger partial charge in [0, 0.05) is 35.9 Å². The Morgan fingerprint density at radius 2 is 1.40 bits per heavy atom. The molecule has 0 unspecified atom stereocenters. The summed E-state index contributed by atoms with van der Waals surface area (Å²) in [7, 11) is -3.80. The minimum atomic E-state index is -3.80. The Balaban J connectivity index is 3.06. The maximum atomic E-state index is 13.6. The average Bonchev–Trinajstić information content (AvgIpc) is 2.20. The molecule has 1 N–H and O–H groups in total. The first-order valence-electron chi connectivity index (χ1n) is 6.34. The standard InChI is InChI=1S/C13H19F3O3Si/c1-8(2)18-20(17,19-9(3)4)7-11-12(15)5-10(14)6-13(11)16/h5-6,8-9,17H,7H2,1-4H3. The fourth-order valence-electron chi connectivity index (χ4n) is 1.81. The molecule has 0 saturated heterocycles. The lowest BCUT2D eigenvalue weighted by Crippen LogP contribution is -2.49. The first-order valence-corrected chi connectivity index (χ1v) is 8.31. The lowest BCUT2D eigenvalue weighted by Gasteiger charge is -2.28. The summed E-state index contributed by atoms with van der Waals surface area (Å²) in [5, 5.41) is 0. The van der Waals surface area contributed by atoms with Crippen molar-refractivity contribution >= 4 is 8.80 Å². The first-order chi connectivity index (χ1) is 9.13. The van der Waals surface area contributed by atoms with E-state index in [1.54, 1.807) is 27.7 Å². The molecule has 0 radical (unpaired) electrons. The molecule has 20 heavy (non-hydrogen) atoms. The normalized spacial score (nSPS) is 12.5. The Labute approximate surface area is 117 Å². The Morgan fingerprint density at radius 1 is 1.00 bits per heavy atom. The molecular weight excluding hydrogens is 289 g/mol. The van der Waals surface area contributed by atoms with Crippen LogP contribution in [0.25, 0.3) is 0 Å². The molecule has 0 fully saturated rings. The molecule has 0 bridgehead atoms. The van der Waals surface area contributed by atoms with Crippen molar-refractivity contribution in [2.24, 2.45) is 0 Å². The zero-order chi connectivity index (χ0) is 15.5. The highest BCUT2D eigenvalue weighted by molar-refractivity contribution is 6.58. The van der Waals surface area contributed by atoms with E-state index in [2.05, 4.69) is 0 Å². The van der Waals surface area contributed by atoms with Crippen molar-refractivity contribution in [3.8, 4) is 0 Å². The van der Waals surface area contributed by atoms with E-state index in [4.69, 9.17) is 8.85 Å². The zero-order valence-electron chi connectivity index (χ0n) is 11.9. The van der Waals surface area contributed by atoms with Crippen LogP contribution in [0.3, 0.4) is 0 Å². The number of benzene rings is 1. The Bertz CT molecular complexity index is 433. The molecule has 1 rings (SSSR count). The summed E-state index contributed by atoms with van der Waals surface area (Å²) in [5.74, 6) is -3.13. The van der Waals surface area contributed by atoms with Crippen LogP contribution in [0.4, 0.5) is 13.2 Å². The third-order valence-electron chi connectivity index (χ3n) is 2.35. The first kappa shape index (κ1) is 17.2. The summed E-state index contributed by atoms with van der Waals surface area (Å²) in [6.45, 7) is 6.72. The molecule has 1 aromatic carbocycles. The highest BCUT2D eigenvalue weighted by atomic mass is 28.4. The summed E-state index contributed by atoms with van der Waals surface area (Å²) < 4.78 is 50.8. The van der Waals surface area contributed by atoms with E-state index in [1.807, 2.05) is 0 Å². The SMILES string of the molecule is CC(C)O[Si](O)(Cc1c(F)cc(F)cc1F)OC(C)C. The maximum Gasteiger partial charge on any atom is 0.503 e. The van der Waals surface area contributed by atoms with E-state index in [1.165, 1.54) is 0 Å². The molecule has 0 heterocycles. The highest BCUT2D eigenvalue weighted by Gasteiger charge is 2.41. The van der Waals surface area contributed by atoms with Gasteiger partial charge in [-0.15, -0.1) is 0 Å². The van der Waals surface area contributed by atoms with Gasteiger partial charge in [0.2, 0.25) is 0 Å². The van der Waals surface area contributed by atoms with E-state index in [0.717, 1.165) is 0 Å². The van der Waals surface area contributed by atoms with E-state index in [9.17, 15) is 18.0 Å². The van der Waals surface area contributed by atoms with Gasteiger partial charge in [0.25, 0.3) is 0 Å². The van der Waals surface area contributed by atoms with E-state index < -0.39 is 37.9 Å². The molecular formula is C13H19F3O3Si. The van der Waals surface area contributed by atoms with Crippen LogP contribution in [-0.4, -0.2) is 25.8 Å². The van der Waals surface area contributed by atoms with Crippen molar-refractivity contribution in [2.75, 3.05) is 0 Å². The summed E-state index contributed by atoms with van der Waals surface area (Å²) in [6, 6.07) is 0.692. The van der Waals surface area contributed by atoms with Crippen LogP contribution in [-0.2, 0) is 14.9 Å². The monoisotopic (exact) mass is 308 g/mol. The minimum absolute atomic E-state index is 0.364. The molecule has 0 aliphatic carbocycles. The summed E-state index contributed by atoms with van der Waals surface area (Å²) in [4.78, 5) is 10.4. The average molecular weight is 308 g/mol. The van der Waals surface area contributed by atoms with Crippen LogP contribution >= 0.6 is 0 Å². The largest absolute Gasteiger partial charge is 0.503 e. The molecule has 0 aromatic heterocycles. The summed E-state index contributed by atoms with van der Waals surface area (Å²) in [5.41, 5.74) is -0.429. The maximum absolute atomic E-state index is 13.6. The van der Waals surface area contributed by atoms with Crippen LogP contribution in [0.1, 0.15) is 33.3 Å². The van der Waals surface area contributed by atoms with Gasteiger partial charge in [-0.05, 0) is 27.7 Å². The van der Waals surface area contributed by atoms with E-state index >= 15 is 0 Å². The van der Waals surface area contributed by atoms with Gasteiger partial charge in [-0.3, -0.25) is 0 Å². The molecule has 0 aliphatic heterocycles. The quantitative estimate of drug-likeness (QED) is 0.821. The van der Waals surface area contributed by atoms with Gasteiger partial charge in [-0.1, -0.05) is 0 Å². The van der Waals surface area contributed by atoms with Crippen molar-refractivity contribution in [1.82, 2.24) is 0 Å². The third-order valence-corrected chi connectivity index (χ3v) is 4.83. The third kappa shape index (κ3) is 4.90. The van der Waals surface area contributed by atoms with Crippen LogP contribution in [0.2, 0.25) is 0 Å².